The van der Waals surface area contributed by atoms with Gasteiger partial charge in [-0.15, -0.1) is 0 Å². The molecule has 0 atom stereocenters. The maximum atomic E-state index is 8.68. The summed E-state index contributed by atoms with van der Waals surface area (Å²) < 4.78 is 8.68. The van der Waals surface area contributed by atoms with Gasteiger partial charge in [0.2, 0.25) is 0 Å². The van der Waals surface area contributed by atoms with Crippen LogP contribution in [-0.2, 0) is 4.57 Å². The van der Waals surface area contributed by atoms with Crippen LogP contribution in [0.15, 0.2) is 60.7 Å². The van der Waals surface area contributed by atoms with E-state index in [1.807, 2.05) is 12.1 Å². The molecule has 1 nitrogen and oxygen atoms in total. The summed E-state index contributed by atoms with van der Waals surface area (Å²) in [5.74, 6) is 0. The van der Waals surface area contributed by atoms with Gasteiger partial charge in [-0.25, -0.2) is 0 Å². The maximum Gasteiger partial charge on any atom is -0.0184 e. The molecule has 0 aliphatic rings. The van der Waals surface area contributed by atoms with Gasteiger partial charge in [-0.1, -0.05) is 60.7 Å². The molecule has 0 radical (unpaired) electrons. The summed E-state index contributed by atoms with van der Waals surface area (Å²) >= 11 is 0. The molecule has 0 fully saturated rings. The minimum atomic E-state index is -0.333. The summed E-state index contributed by atoms with van der Waals surface area (Å²) in [5, 5.41) is 0. The van der Waals surface area contributed by atoms with Crippen molar-refractivity contribution < 1.29 is 4.57 Å². The van der Waals surface area contributed by atoms with E-state index in [0.29, 0.717) is 0 Å². The van der Waals surface area contributed by atoms with Crippen molar-refractivity contribution in [3.05, 3.63) is 60.7 Å². The fourth-order valence-electron chi connectivity index (χ4n) is 1.26. The van der Waals surface area contributed by atoms with Gasteiger partial charge in [0.25, 0.3) is 0 Å². The third-order valence-electron chi connectivity index (χ3n) is 1.88. The quantitative estimate of drug-likeness (QED) is 0.649. The van der Waals surface area contributed by atoms with Gasteiger partial charge in [0.1, 0.15) is 0 Å². The van der Waals surface area contributed by atoms with Crippen molar-refractivity contribution in [2.75, 3.05) is 0 Å². The van der Waals surface area contributed by atoms with Crippen LogP contribution in [0.1, 0.15) is 0 Å². The van der Waals surface area contributed by atoms with Gasteiger partial charge in [0, 0.05) is 0 Å². The largest absolute Gasteiger partial charge is 0.0622 e. The molecule has 0 N–H and O–H groups in total. The SMILES string of the molecule is C#P=O.c1ccc(-c2ccccc2)cc1. The standard InChI is InChI=1S/C12H10.CHOP/c1-3-7-11(8-4-1)12-9-5-2-6-10-12;1-3-2/h1-10H;1H. The summed E-state index contributed by atoms with van der Waals surface area (Å²) in [5.41, 5.74) is 2.55. The van der Waals surface area contributed by atoms with E-state index in [4.69, 9.17) is 4.57 Å². The number of hydrogen-bond donors (Lipinski definition) is 0. The Hall–Kier alpha value is -1.55. The first-order valence-corrected chi connectivity index (χ1v) is 5.39. The van der Waals surface area contributed by atoms with Crippen LogP contribution in [0.5, 0.6) is 0 Å². The number of hydrogen-bond acceptors (Lipinski definition) is 1. The topological polar surface area (TPSA) is 17.1 Å². The zero-order chi connectivity index (χ0) is 10.9. The van der Waals surface area contributed by atoms with E-state index >= 15 is 0 Å². The second-order valence-electron chi connectivity index (χ2n) is 2.84. The molecule has 0 aliphatic heterocycles. The third-order valence-corrected chi connectivity index (χ3v) is 1.88. The molecule has 2 heteroatoms. The Kier molecular flexibility index (Phi) is 5.25. The smallest absolute Gasteiger partial charge is 0.0184 e. The van der Waals surface area contributed by atoms with Crippen molar-refractivity contribution in [3.63, 3.8) is 0 Å². The Labute approximate surface area is 90.9 Å². The summed E-state index contributed by atoms with van der Waals surface area (Å²) in [4.78, 5) is 0. The summed E-state index contributed by atoms with van der Waals surface area (Å²) in [6.45, 7) is 0. The summed E-state index contributed by atoms with van der Waals surface area (Å²) in [6, 6.07) is 20.8. The summed E-state index contributed by atoms with van der Waals surface area (Å²) in [6.07, 6.45) is 4.26. The van der Waals surface area contributed by atoms with Gasteiger partial charge >= 0.3 is 18.6 Å². The van der Waals surface area contributed by atoms with Gasteiger partial charge < -0.3 is 0 Å². The predicted octanol–water partition coefficient (Wildman–Crippen LogP) is 4.22. The minimum Gasteiger partial charge on any atom is -0.0622 e. The molecule has 0 unspecified atom stereocenters. The van der Waals surface area contributed by atoms with E-state index in [1.165, 1.54) is 11.1 Å². The molecule has 0 bridgehead atoms. The Bertz CT molecular complexity index is 425. The number of rotatable bonds is 1. The molecule has 0 aliphatic carbocycles. The van der Waals surface area contributed by atoms with Crippen LogP contribution in [-0.4, -0.2) is 0 Å². The first kappa shape index (κ1) is 11.5. The molecular weight excluding hydrogens is 203 g/mol. The summed E-state index contributed by atoms with van der Waals surface area (Å²) in [7, 11) is -0.333. The van der Waals surface area contributed by atoms with Crippen molar-refractivity contribution >= 4 is 7.92 Å². The van der Waals surface area contributed by atoms with E-state index in [2.05, 4.69) is 54.7 Å². The van der Waals surface area contributed by atoms with Gasteiger partial charge in [-0.05, 0) is 11.1 Å². The van der Waals surface area contributed by atoms with E-state index in [9.17, 15) is 0 Å². The van der Waals surface area contributed by atoms with E-state index in [0.717, 1.165) is 0 Å². The maximum absolute atomic E-state index is 8.68. The van der Waals surface area contributed by atoms with Crippen molar-refractivity contribution in [1.29, 1.82) is 0 Å². The van der Waals surface area contributed by atoms with Crippen LogP contribution < -0.4 is 0 Å². The molecule has 0 heterocycles. The fourth-order valence-corrected chi connectivity index (χ4v) is 1.26. The third kappa shape index (κ3) is 3.99. The normalized spacial score (nSPS) is 8.47. The van der Waals surface area contributed by atoms with Crippen molar-refractivity contribution in [2.45, 2.75) is 0 Å². The molecule has 15 heavy (non-hydrogen) atoms. The van der Waals surface area contributed by atoms with E-state index < -0.39 is 0 Å². The first-order chi connectivity index (χ1) is 7.38. The van der Waals surface area contributed by atoms with Crippen LogP contribution in [0.25, 0.3) is 11.1 Å². The second kappa shape index (κ2) is 6.84. The first-order valence-electron chi connectivity index (χ1n) is 4.51. The molecule has 0 spiro atoms. The molecule has 0 aromatic heterocycles. The van der Waals surface area contributed by atoms with Crippen molar-refractivity contribution in [2.24, 2.45) is 0 Å². The molecule has 2 aromatic carbocycles. The van der Waals surface area contributed by atoms with Crippen molar-refractivity contribution in [1.82, 2.24) is 0 Å². The molecule has 2 aromatic rings. The van der Waals surface area contributed by atoms with Gasteiger partial charge in [0.05, 0.1) is 0 Å². The predicted molar refractivity (Wildman–Crippen MR) is 64.4 cm³/mol. The fraction of sp³-hybridized carbons (Fsp3) is 0. The van der Waals surface area contributed by atoms with Crippen LogP contribution in [0, 0.1) is 6.13 Å². The molecule has 0 amide bonds. The molecule has 2 rings (SSSR count). The van der Waals surface area contributed by atoms with Crippen molar-refractivity contribution in [3.8, 4) is 17.3 Å². The monoisotopic (exact) mass is 214 g/mol. The molecular formula is C13H11OP. The van der Waals surface area contributed by atoms with E-state index in [1.54, 1.807) is 0 Å². The van der Waals surface area contributed by atoms with Crippen LogP contribution >= 0.6 is 7.92 Å². The zero-order valence-electron chi connectivity index (χ0n) is 8.21. The average Bonchev–Trinajstić information content (AvgIpc) is 2.32. The average molecular weight is 214 g/mol. The Balaban J connectivity index is 0.000000337. The Morgan fingerprint density at radius 1 is 0.733 bits per heavy atom. The van der Waals surface area contributed by atoms with Crippen LogP contribution in [0.3, 0.4) is 0 Å². The van der Waals surface area contributed by atoms with Crippen LogP contribution in [0.2, 0.25) is 0 Å². The second-order valence-corrected chi connectivity index (χ2v) is 3.05. The van der Waals surface area contributed by atoms with Crippen LogP contribution in [0.4, 0.5) is 0 Å². The van der Waals surface area contributed by atoms with E-state index in [-0.39, 0.29) is 7.92 Å². The zero-order valence-corrected chi connectivity index (χ0v) is 9.10. The Morgan fingerprint density at radius 2 is 1.00 bits per heavy atom. The van der Waals surface area contributed by atoms with Gasteiger partial charge in [0.15, 0.2) is 0 Å². The number of benzene rings is 2. The molecule has 74 valence electrons. The molecule has 0 saturated heterocycles. The minimum absolute atomic E-state index is 0.333. The van der Waals surface area contributed by atoms with Gasteiger partial charge in [-0.3, -0.25) is 0 Å². The molecule has 0 saturated carbocycles. The Morgan fingerprint density at radius 3 is 1.27 bits per heavy atom. The van der Waals surface area contributed by atoms with Gasteiger partial charge in [-0.2, -0.15) is 0 Å².